The lowest BCUT2D eigenvalue weighted by Gasteiger charge is -2.18. The lowest BCUT2D eigenvalue weighted by molar-refractivity contribution is 0.147. The minimum absolute atomic E-state index is 0.391. The standard InChI is InChI=1S/C15H21N3O/c1-17(11-13-10-16-18(2)12-13)9-8-15(19)14-6-4-3-5-7-14/h3-7,10,12,15,19H,8-9,11H2,1-2H3. The fourth-order valence-corrected chi connectivity index (χ4v) is 2.13. The van der Waals surface area contributed by atoms with Gasteiger partial charge in [-0.1, -0.05) is 30.3 Å². The molecule has 19 heavy (non-hydrogen) atoms. The van der Waals surface area contributed by atoms with Gasteiger partial charge in [-0.05, 0) is 19.0 Å². The van der Waals surface area contributed by atoms with Crippen LogP contribution in [-0.4, -0.2) is 33.4 Å². The van der Waals surface area contributed by atoms with Crippen molar-refractivity contribution in [3.8, 4) is 0 Å². The third-order valence-electron chi connectivity index (χ3n) is 3.18. The van der Waals surface area contributed by atoms with Crippen LogP contribution in [0.3, 0.4) is 0 Å². The van der Waals surface area contributed by atoms with Crippen LogP contribution in [0.2, 0.25) is 0 Å². The van der Waals surface area contributed by atoms with Crippen LogP contribution in [0.4, 0.5) is 0 Å². The van der Waals surface area contributed by atoms with Gasteiger partial charge in [0, 0.05) is 31.9 Å². The Labute approximate surface area is 114 Å². The van der Waals surface area contributed by atoms with Crippen molar-refractivity contribution in [3.05, 3.63) is 53.9 Å². The van der Waals surface area contributed by atoms with Crippen molar-refractivity contribution in [1.82, 2.24) is 14.7 Å². The molecule has 0 saturated carbocycles. The van der Waals surface area contributed by atoms with Crippen molar-refractivity contribution in [2.24, 2.45) is 7.05 Å². The highest BCUT2D eigenvalue weighted by Crippen LogP contribution is 2.16. The molecule has 0 fully saturated rings. The Bertz CT molecular complexity index is 495. The van der Waals surface area contributed by atoms with E-state index in [-0.39, 0.29) is 0 Å². The molecule has 1 aromatic carbocycles. The molecule has 0 saturated heterocycles. The van der Waals surface area contributed by atoms with Crippen LogP contribution < -0.4 is 0 Å². The zero-order valence-electron chi connectivity index (χ0n) is 11.5. The number of nitrogens with zero attached hydrogens (tertiary/aromatic N) is 3. The second-order valence-corrected chi connectivity index (χ2v) is 4.98. The van der Waals surface area contributed by atoms with E-state index in [0.717, 1.165) is 25.1 Å². The van der Waals surface area contributed by atoms with Crippen molar-refractivity contribution >= 4 is 0 Å². The zero-order chi connectivity index (χ0) is 13.7. The lowest BCUT2D eigenvalue weighted by atomic mass is 10.1. The number of benzene rings is 1. The van der Waals surface area contributed by atoms with E-state index in [1.54, 1.807) is 0 Å². The predicted octanol–water partition coefficient (Wildman–Crippen LogP) is 1.98. The summed E-state index contributed by atoms with van der Waals surface area (Å²) in [5.74, 6) is 0. The van der Waals surface area contributed by atoms with Crippen molar-refractivity contribution < 1.29 is 5.11 Å². The minimum Gasteiger partial charge on any atom is -0.388 e. The summed E-state index contributed by atoms with van der Waals surface area (Å²) >= 11 is 0. The second-order valence-electron chi connectivity index (χ2n) is 4.98. The van der Waals surface area contributed by atoms with Crippen molar-refractivity contribution in [1.29, 1.82) is 0 Å². The third-order valence-corrected chi connectivity index (χ3v) is 3.18. The summed E-state index contributed by atoms with van der Waals surface area (Å²) < 4.78 is 1.81. The molecule has 2 aromatic rings. The van der Waals surface area contributed by atoms with Crippen molar-refractivity contribution in [3.63, 3.8) is 0 Å². The molecule has 1 atom stereocenters. The van der Waals surface area contributed by atoms with E-state index in [4.69, 9.17) is 0 Å². The molecule has 4 nitrogen and oxygen atoms in total. The van der Waals surface area contributed by atoms with Gasteiger partial charge in [-0.25, -0.2) is 0 Å². The Morgan fingerprint density at radius 1 is 1.32 bits per heavy atom. The van der Waals surface area contributed by atoms with Gasteiger partial charge in [0.15, 0.2) is 0 Å². The molecule has 1 heterocycles. The molecule has 102 valence electrons. The van der Waals surface area contributed by atoms with Crippen LogP contribution in [0.25, 0.3) is 0 Å². The van der Waals surface area contributed by atoms with E-state index in [2.05, 4.69) is 17.0 Å². The minimum atomic E-state index is -0.391. The molecule has 0 amide bonds. The highest BCUT2D eigenvalue weighted by Gasteiger charge is 2.09. The molecule has 1 aromatic heterocycles. The van der Waals surface area contributed by atoms with Crippen molar-refractivity contribution in [2.75, 3.05) is 13.6 Å². The van der Waals surface area contributed by atoms with E-state index in [1.807, 2.05) is 54.5 Å². The van der Waals surface area contributed by atoms with Crippen LogP contribution in [-0.2, 0) is 13.6 Å². The van der Waals surface area contributed by atoms with Gasteiger partial charge in [0.2, 0.25) is 0 Å². The number of aliphatic hydroxyl groups excluding tert-OH is 1. The van der Waals surface area contributed by atoms with Gasteiger partial charge in [-0.3, -0.25) is 4.68 Å². The van der Waals surface area contributed by atoms with Crippen LogP contribution in [0.15, 0.2) is 42.7 Å². The van der Waals surface area contributed by atoms with Gasteiger partial charge in [-0.2, -0.15) is 5.10 Å². The Hall–Kier alpha value is -1.65. The van der Waals surface area contributed by atoms with E-state index in [9.17, 15) is 5.11 Å². The first-order valence-corrected chi connectivity index (χ1v) is 6.54. The van der Waals surface area contributed by atoms with Crippen molar-refractivity contribution in [2.45, 2.75) is 19.1 Å². The van der Waals surface area contributed by atoms with E-state index >= 15 is 0 Å². The molecule has 0 bridgehead atoms. The first-order valence-electron chi connectivity index (χ1n) is 6.54. The number of aliphatic hydroxyl groups is 1. The molecule has 0 aliphatic heterocycles. The molecule has 4 heteroatoms. The lowest BCUT2D eigenvalue weighted by Crippen LogP contribution is -2.20. The quantitative estimate of drug-likeness (QED) is 0.862. The van der Waals surface area contributed by atoms with Gasteiger partial charge in [0.05, 0.1) is 12.3 Å². The topological polar surface area (TPSA) is 41.3 Å². The maximum absolute atomic E-state index is 10.1. The molecule has 2 rings (SSSR count). The predicted molar refractivity (Wildman–Crippen MR) is 75.6 cm³/mol. The SMILES string of the molecule is CN(CCC(O)c1ccccc1)Cc1cnn(C)c1. The van der Waals surface area contributed by atoms with E-state index < -0.39 is 6.10 Å². The molecule has 1 unspecified atom stereocenters. The normalized spacial score (nSPS) is 12.8. The first kappa shape index (κ1) is 13.8. The average molecular weight is 259 g/mol. The molecular formula is C15H21N3O. The zero-order valence-corrected chi connectivity index (χ0v) is 11.5. The molecule has 0 spiro atoms. The summed E-state index contributed by atoms with van der Waals surface area (Å²) in [7, 11) is 3.98. The monoisotopic (exact) mass is 259 g/mol. The molecule has 0 radical (unpaired) electrons. The van der Waals surface area contributed by atoms with Gasteiger partial charge < -0.3 is 10.0 Å². The number of hydrogen-bond acceptors (Lipinski definition) is 3. The highest BCUT2D eigenvalue weighted by atomic mass is 16.3. The third kappa shape index (κ3) is 4.19. The van der Waals surface area contributed by atoms with Crippen LogP contribution in [0.1, 0.15) is 23.7 Å². The van der Waals surface area contributed by atoms with Gasteiger partial charge in [0.1, 0.15) is 0 Å². The Kier molecular flexibility index (Phi) is 4.71. The number of aryl methyl sites for hydroxylation is 1. The second kappa shape index (κ2) is 6.50. The fraction of sp³-hybridized carbons (Fsp3) is 0.400. The van der Waals surface area contributed by atoms with Gasteiger partial charge in [-0.15, -0.1) is 0 Å². The smallest absolute Gasteiger partial charge is 0.0802 e. The number of hydrogen-bond donors (Lipinski definition) is 1. The van der Waals surface area contributed by atoms with Crippen LogP contribution in [0, 0.1) is 0 Å². The Morgan fingerprint density at radius 2 is 2.05 bits per heavy atom. The van der Waals surface area contributed by atoms with E-state index in [0.29, 0.717) is 0 Å². The number of aromatic nitrogens is 2. The van der Waals surface area contributed by atoms with Gasteiger partial charge in [0.25, 0.3) is 0 Å². The summed E-state index contributed by atoms with van der Waals surface area (Å²) in [4.78, 5) is 2.20. The van der Waals surface area contributed by atoms with Gasteiger partial charge >= 0.3 is 0 Å². The van der Waals surface area contributed by atoms with Crippen LogP contribution >= 0.6 is 0 Å². The number of rotatable bonds is 6. The maximum atomic E-state index is 10.1. The summed E-state index contributed by atoms with van der Waals surface area (Å²) in [5.41, 5.74) is 2.18. The Morgan fingerprint density at radius 3 is 2.68 bits per heavy atom. The molecule has 0 aliphatic carbocycles. The largest absolute Gasteiger partial charge is 0.388 e. The summed E-state index contributed by atoms with van der Waals surface area (Å²) in [5, 5.41) is 14.2. The molecule has 0 aliphatic rings. The summed E-state index contributed by atoms with van der Waals surface area (Å²) in [6.45, 7) is 1.71. The summed E-state index contributed by atoms with van der Waals surface area (Å²) in [6, 6.07) is 9.80. The summed E-state index contributed by atoms with van der Waals surface area (Å²) in [6.07, 6.45) is 4.24. The first-order chi connectivity index (χ1) is 9.15. The maximum Gasteiger partial charge on any atom is 0.0802 e. The Balaban J connectivity index is 1.79. The van der Waals surface area contributed by atoms with Crippen LogP contribution in [0.5, 0.6) is 0 Å². The highest BCUT2D eigenvalue weighted by molar-refractivity contribution is 5.17. The molecule has 1 N–H and O–H groups in total. The molecular weight excluding hydrogens is 238 g/mol. The average Bonchev–Trinajstić information content (AvgIpc) is 2.82. The van der Waals surface area contributed by atoms with E-state index in [1.165, 1.54) is 5.56 Å². The fourth-order valence-electron chi connectivity index (χ4n) is 2.13.